The van der Waals surface area contributed by atoms with Gasteiger partial charge in [0.25, 0.3) is 0 Å². The molecule has 4 heteroatoms. The number of aromatic nitrogens is 1. The Labute approximate surface area is 153 Å². The quantitative estimate of drug-likeness (QED) is 0.589. The van der Waals surface area contributed by atoms with Crippen molar-refractivity contribution in [2.75, 3.05) is 12.4 Å². The highest BCUT2D eigenvalue weighted by Gasteiger charge is 2.27. The molecule has 3 rings (SSSR count). The second kappa shape index (κ2) is 7.33. The lowest BCUT2D eigenvalue weighted by Crippen LogP contribution is -2.22. The fraction of sp³-hybridized carbons (Fsp3) is 0.333. The van der Waals surface area contributed by atoms with Crippen molar-refractivity contribution in [3.8, 4) is 11.8 Å². The maximum atomic E-state index is 11.6. The number of pyridine rings is 1. The third-order valence-corrected chi connectivity index (χ3v) is 5.38. The van der Waals surface area contributed by atoms with Gasteiger partial charge in [-0.15, -0.1) is 11.8 Å². The van der Waals surface area contributed by atoms with Gasteiger partial charge in [0.1, 0.15) is 5.69 Å². The van der Waals surface area contributed by atoms with E-state index in [1.807, 2.05) is 11.8 Å². The summed E-state index contributed by atoms with van der Waals surface area (Å²) >= 11 is 1.92. The van der Waals surface area contributed by atoms with Crippen LogP contribution in [-0.2, 0) is 10.2 Å². The van der Waals surface area contributed by atoms with Crippen LogP contribution in [0.4, 0.5) is 0 Å². The first-order valence-electron chi connectivity index (χ1n) is 8.42. The van der Waals surface area contributed by atoms with Gasteiger partial charge in [-0.25, -0.2) is 9.78 Å². The van der Waals surface area contributed by atoms with Crippen molar-refractivity contribution in [3.05, 3.63) is 58.9 Å². The van der Waals surface area contributed by atoms with Crippen molar-refractivity contribution in [2.45, 2.75) is 37.5 Å². The molecule has 0 aliphatic carbocycles. The molecule has 0 N–H and O–H groups in total. The first-order valence-corrected chi connectivity index (χ1v) is 9.41. The van der Waals surface area contributed by atoms with Gasteiger partial charge in [-0.2, -0.15) is 0 Å². The van der Waals surface area contributed by atoms with Crippen molar-refractivity contribution < 1.29 is 9.53 Å². The molecule has 0 bridgehead atoms. The second-order valence-electron chi connectivity index (χ2n) is 6.60. The highest BCUT2D eigenvalue weighted by atomic mass is 32.2. The predicted molar refractivity (Wildman–Crippen MR) is 101 cm³/mol. The summed E-state index contributed by atoms with van der Waals surface area (Å²) < 4.78 is 4.95. The third kappa shape index (κ3) is 4.05. The number of rotatable bonds is 2. The average molecular weight is 357 g/mol. The lowest BCUT2D eigenvalue weighted by atomic mass is 9.98. The van der Waals surface area contributed by atoms with Gasteiger partial charge in [0.15, 0.2) is 0 Å². The summed E-state index contributed by atoms with van der Waals surface area (Å²) in [6.07, 6.45) is 2.69. The van der Waals surface area contributed by atoms with Crippen LogP contribution in [-0.4, -0.2) is 23.3 Å². The van der Waals surface area contributed by atoms with E-state index in [1.165, 1.54) is 28.8 Å². The Morgan fingerprint density at radius 2 is 2.12 bits per heavy atom. The molecule has 25 heavy (non-hydrogen) atoms. The summed E-state index contributed by atoms with van der Waals surface area (Å²) in [5.41, 5.74) is 3.64. The molecule has 3 nitrogen and oxygen atoms in total. The van der Waals surface area contributed by atoms with Crippen molar-refractivity contribution in [1.82, 2.24) is 4.98 Å². The molecule has 128 valence electrons. The highest BCUT2D eigenvalue weighted by molar-refractivity contribution is 7.99. The minimum atomic E-state index is -0.357. The van der Waals surface area contributed by atoms with E-state index in [9.17, 15) is 4.79 Å². The average Bonchev–Trinajstić information content (AvgIpc) is 2.61. The highest BCUT2D eigenvalue weighted by Crippen LogP contribution is 2.41. The number of fused-ring (bicyclic) bond motifs is 1. The van der Waals surface area contributed by atoms with Crippen LogP contribution in [0.15, 0.2) is 41.4 Å². The van der Waals surface area contributed by atoms with Crippen molar-refractivity contribution in [3.63, 3.8) is 0 Å². The van der Waals surface area contributed by atoms with Crippen molar-refractivity contribution >= 4 is 17.7 Å². The molecule has 1 aromatic heterocycles. The van der Waals surface area contributed by atoms with Crippen LogP contribution in [0, 0.1) is 11.8 Å². The van der Waals surface area contributed by atoms with Crippen LogP contribution in [0.5, 0.6) is 0 Å². The first-order chi connectivity index (χ1) is 12.0. The number of nitrogens with zero attached hydrogens (tertiary/aromatic N) is 1. The Bertz CT molecular complexity index is 844. The van der Waals surface area contributed by atoms with Gasteiger partial charge in [-0.05, 0) is 66.3 Å². The number of thioether (sulfide) groups is 1. The Kier molecular flexibility index (Phi) is 5.15. The van der Waals surface area contributed by atoms with E-state index in [4.69, 9.17) is 4.74 Å². The molecule has 0 atom stereocenters. The van der Waals surface area contributed by atoms with Gasteiger partial charge < -0.3 is 4.74 Å². The van der Waals surface area contributed by atoms with Gasteiger partial charge in [-0.1, -0.05) is 19.8 Å². The van der Waals surface area contributed by atoms with E-state index in [0.717, 1.165) is 5.56 Å². The van der Waals surface area contributed by atoms with Crippen LogP contribution in [0.3, 0.4) is 0 Å². The molecule has 0 saturated carbocycles. The molecular weight excluding hydrogens is 336 g/mol. The second-order valence-corrected chi connectivity index (χ2v) is 7.73. The number of carbonyl (C=O) groups is 1. The smallest absolute Gasteiger partial charge is 0.339 e. The Hall–Kier alpha value is -2.25. The zero-order valence-corrected chi connectivity index (χ0v) is 15.6. The Morgan fingerprint density at radius 1 is 1.28 bits per heavy atom. The summed E-state index contributed by atoms with van der Waals surface area (Å²) in [6.45, 7) is 6.72. The minimum absolute atomic E-state index is 0.192. The number of ether oxygens (including phenoxy) is 1. The molecule has 0 unspecified atom stereocenters. The van der Waals surface area contributed by atoms with Crippen LogP contribution in [0.2, 0.25) is 0 Å². The van der Waals surface area contributed by atoms with Crippen LogP contribution in [0.1, 0.15) is 54.4 Å². The monoisotopic (exact) mass is 357 g/mol. The van der Waals surface area contributed by atoms with Gasteiger partial charge in [0, 0.05) is 16.7 Å². The summed E-state index contributed by atoms with van der Waals surface area (Å²) in [7, 11) is 0. The fourth-order valence-corrected chi connectivity index (χ4v) is 4.24. The van der Waals surface area contributed by atoms with Gasteiger partial charge in [0.05, 0.1) is 12.2 Å². The zero-order valence-electron chi connectivity index (χ0n) is 14.8. The molecule has 1 aromatic carbocycles. The van der Waals surface area contributed by atoms with Crippen LogP contribution >= 0.6 is 11.8 Å². The number of benzene rings is 1. The summed E-state index contributed by atoms with van der Waals surface area (Å²) in [5, 5.41) is 0. The van der Waals surface area contributed by atoms with Crippen molar-refractivity contribution in [2.24, 2.45) is 0 Å². The van der Waals surface area contributed by atoms with E-state index in [2.05, 4.69) is 48.9 Å². The molecule has 2 heterocycles. The molecule has 2 aromatic rings. The molecule has 0 fully saturated rings. The molecule has 0 radical (unpaired) electrons. The van der Waals surface area contributed by atoms with Crippen LogP contribution in [0.25, 0.3) is 0 Å². The molecule has 1 aliphatic rings. The van der Waals surface area contributed by atoms with E-state index in [-0.39, 0.29) is 11.4 Å². The Balaban J connectivity index is 1.81. The lowest BCUT2D eigenvalue weighted by Gasteiger charge is -2.32. The molecule has 1 aliphatic heterocycles. The predicted octanol–water partition coefficient (Wildman–Crippen LogP) is 4.43. The minimum Gasteiger partial charge on any atom is -0.462 e. The first kappa shape index (κ1) is 17.6. The molecule has 0 spiro atoms. The number of esters is 1. The van der Waals surface area contributed by atoms with E-state index >= 15 is 0 Å². The number of hydrogen-bond donors (Lipinski definition) is 0. The molecular formula is C21H21NO2S. The Morgan fingerprint density at radius 3 is 2.84 bits per heavy atom. The standard InChI is InChI=1S/C21H21NO2S/c1-4-24-20(23)16-7-9-17(22-14-16)8-5-15-6-10-19-18(13-15)21(2,3)11-12-25-19/h6-7,9-10,13-14H,4,11-12H2,1-3H3/i6+1,10+1,13+1,15+1,18+1,19+1. The number of hydrogen-bond acceptors (Lipinski definition) is 4. The summed E-state index contributed by atoms with van der Waals surface area (Å²) in [4.78, 5) is 17.2. The van der Waals surface area contributed by atoms with E-state index in [1.54, 1.807) is 19.1 Å². The molecule has 0 amide bonds. The third-order valence-electron chi connectivity index (χ3n) is 4.30. The topological polar surface area (TPSA) is 39.2 Å². The zero-order chi connectivity index (χ0) is 17.9. The van der Waals surface area contributed by atoms with Gasteiger partial charge in [0.2, 0.25) is 0 Å². The van der Waals surface area contributed by atoms with Gasteiger partial charge >= 0.3 is 5.97 Å². The SMILES string of the molecule is CCOC(=O)c1ccc(C#C[13c]2[13cH][13cH][13c]3[13c]([13cH]2)C(C)(C)CCS3)nc1. The molecule has 0 saturated heterocycles. The van der Waals surface area contributed by atoms with Crippen LogP contribution < -0.4 is 0 Å². The van der Waals surface area contributed by atoms with E-state index in [0.29, 0.717) is 17.9 Å². The summed E-state index contributed by atoms with van der Waals surface area (Å²) in [6, 6.07) is 9.87. The summed E-state index contributed by atoms with van der Waals surface area (Å²) in [5.74, 6) is 7.07. The maximum Gasteiger partial charge on any atom is 0.339 e. The van der Waals surface area contributed by atoms with Gasteiger partial charge in [-0.3, -0.25) is 0 Å². The fourth-order valence-electron chi connectivity index (χ4n) is 2.75. The normalized spacial score (nSPS) is 14.8. The van der Waals surface area contributed by atoms with E-state index < -0.39 is 0 Å². The maximum absolute atomic E-state index is 11.6. The largest absolute Gasteiger partial charge is 0.462 e. The lowest BCUT2D eigenvalue weighted by molar-refractivity contribution is 0.0526. The van der Waals surface area contributed by atoms with Crippen molar-refractivity contribution in [1.29, 1.82) is 0 Å². The number of carbonyl (C=O) groups excluding carboxylic acids is 1.